The van der Waals surface area contributed by atoms with Gasteiger partial charge in [0.1, 0.15) is 10.8 Å². The number of nitrogens with zero attached hydrogens (tertiary/aromatic N) is 1. The predicted octanol–water partition coefficient (Wildman–Crippen LogP) is 4.39. The molecule has 0 atom stereocenters. The zero-order valence-electron chi connectivity index (χ0n) is 16.9. The number of rotatable bonds is 9. The van der Waals surface area contributed by atoms with Gasteiger partial charge in [0.15, 0.2) is 0 Å². The molecule has 0 saturated carbocycles. The van der Waals surface area contributed by atoms with Crippen LogP contribution in [0.15, 0.2) is 59.4 Å². The Labute approximate surface area is 190 Å². The number of benzene rings is 2. The van der Waals surface area contributed by atoms with Gasteiger partial charge in [-0.25, -0.2) is 4.79 Å². The maximum absolute atomic E-state index is 12.7. The van der Waals surface area contributed by atoms with E-state index >= 15 is 0 Å². The second-order valence-corrected chi connectivity index (χ2v) is 7.73. The van der Waals surface area contributed by atoms with Gasteiger partial charge in [0.25, 0.3) is 5.56 Å². The summed E-state index contributed by atoms with van der Waals surface area (Å²) in [6.07, 6.45) is 0.524. The minimum atomic E-state index is -0.979. The Morgan fingerprint density at radius 2 is 1.77 bits per heavy atom. The lowest BCUT2D eigenvalue weighted by molar-refractivity contribution is 0.0697. The minimum absolute atomic E-state index is 0.0553. The summed E-state index contributed by atoms with van der Waals surface area (Å²) in [5.74, 6) is -0.202. The van der Waals surface area contributed by atoms with Crippen molar-refractivity contribution in [3.63, 3.8) is 0 Å². The van der Waals surface area contributed by atoms with Crippen LogP contribution in [-0.4, -0.2) is 22.8 Å². The van der Waals surface area contributed by atoms with Gasteiger partial charge in [-0.1, -0.05) is 53.5 Å². The molecular weight excluding hydrogens is 439 g/mol. The first-order valence-corrected chi connectivity index (χ1v) is 10.4. The molecule has 0 radical (unpaired) electrons. The standard InChI is InChI=1S/C23H22Cl2N2O4/c1-31-21-5-3-2-4-17(21)13-26-14-20-18(24)12-19(25)22(28)27(20)11-10-15-6-8-16(9-7-15)23(29)30/h2-9,12,26H,10-11,13-14H2,1H3,(H,29,30). The second kappa shape index (κ2) is 10.5. The van der Waals surface area contributed by atoms with Gasteiger partial charge in [-0.05, 0) is 36.2 Å². The number of aromatic carboxylic acids is 1. The molecule has 8 heteroatoms. The summed E-state index contributed by atoms with van der Waals surface area (Å²) in [4.78, 5) is 23.7. The first-order valence-electron chi connectivity index (χ1n) is 9.63. The molecule has 0 saturated heterocycles. The molecule has 1 aromatic heterocycles. The molecule has 0 aliphatic heterocycles. The molecule has 162 valence electrons. The Morgan fingerprint density at radius 1 is 1.06 bits per heavy atom. The van der Waals surface area contributed by atoms with E-state index in [2.05, 4.69) is 5.32 Å². The lowest BCUT2D eigenvalue weighted by atomic mass is 10.1. The highest BCUT2D eigenvalue weighted by Gasteiger charge is 2.13. The van der Waals surface area contributed by atoms with Gasteiger partial charge in [0, 0.05) is 25.2 Å². The number of carbonyl (C=O) groups is 1. The van der Waals surface area contributed by atoms with Crippen LogP contribution < -0.4 is 15.6 Å². The lowest BCUT2D eigenvalue weighted by Crippen LogP contribution is -2.28. The molecule has 0 spiro atoms. The van der Waals surface area contributed by atoms with Crippen LogP contribution in [0.2, 0.25) is 10.0 Å². The molecule has 1 heterocycles. The summed E-state index contributed by atoms with van der Waals surface area (Å²) in [5.41, 5.74) is 2.42. The molecule has 2 N–H and O–H groups in total. The van der Waals surface area contributed by atoms with E-state index in [9.17, 15) is 9.59 Å². The van der Waals surface area contributed by atoms with E-state index < -0.39 is 5.97 Å². The fourth-order valence-corrected chi connectivity index (χ4v) is 3.82. The number of hydrogen-bond acceptors (Lipinski definition) is 4. The van der Waals surface area contributed by atoms with Crippen LogP contribution >= 0.6 is 23.2 Å². The zero-order valence-corrected chi connectivity index (χ0v) is 18.4. The molecule has 3 rings (SSSR count). The average Bonchev–Trinajstić information content (AvgIpc) is 2.77. The van der Waals surface area contributed by atoms with Crippen molar-refractivity contribution in [2.24, 2.45) is 0 Å². The smallest absolute Gasteiger partial charge is 0.335 e. The number of halogens is 2. The monoisotopic (exact) mass is 460 g/mol. The summed E-state index contributed by atoms with van der Waals surface area (Å²) >= 11 is 12.5. The number of pyridine rings is 1. The fourth-order valence-electron chi connectivity index (χ4n) is 3.27. The van der Waals surface area contributed by atoms with Crippen molar-refractivity contribution in [1.82, 2.24) is 9.88 Å². The molecule has 6 nitrogen and oxygen atoms in total. The third-order valence-electron chi connectivity index (χ3n) is 4.93. The molecule has 0 aliphatic rings. The molecule has 31 heavy (non-hydrogen) atoms. The van der Waals surface area contributed by atoms with E-state index in [0.29, 0.717) is 36.8 Å². The van der Waals surface area contributed by atoms with Crippen molar-refractivity contribution in [1.29, 1.82) is 0 Å². The summed E-state index contributed by atoms with van der Waals surface area (Å²) in [6.45, 7) is 1.26. The van der Waals surface area contributed by atoms with Crippen molar-refractivity contribution in [3.8, 4) is 5.75 Å². The fraction of sp³-hybridized carbons (Fsp3) is 0.217. The van der Waals surface area contributed by atoms with Crippen LogP contribution in [0, 0.1) is 0 Å². The number of nitrogens with one attached hydrogen (secondary N) is 1. The average molecular weight is 461 g/mol. The number of carboxylic acids is 1. The highest BCUT2D eigenvalue weighted by atomic mass is 35.5. The van der Waals surface area contributed by atoms with E-state index in [0.717, 1.165) is 16.9 Å². The highest BCUT2D eigenvalue weighted by molar-refractivity contribution is 6.34. The molecule has 3 aromatic rings. The predicted molar refractivity (Wildman–Crippen MR) is 121 cm³/mol. The second-order valence-electron chi connectivity index (χ2n) is 6.91. The lowest BCUT2D eigenvalue weighted by Gasteiger charge is -2.16. The number of methoxy groups -OCH3 is 1. The van der Waals surface area contributed by atoms with Crippen LogP contribution in [-0.2, 0) is 26.1 Å². The Balaban J connectivity index is 1.76. The van der Waals surface area contributed by atoms with Gasteiger partial charge in [0.2, 0.25) is 0 Å². The van der Waals surface area contributed by atoms with Crippen LogP contribution in [0.25, 0.3) is 0 Å². The molecule has 0 fully saturated rings. The Bertz CT molecular complexity index is 1130. The molecule has 2 aromatic carbocycles. The van der Waals surface area contributed by atoms with Crippen molar-refractivity contribution >= 4 is 29.2 Å². The van der Waals surface area contributed by atoms with Crippen LogP contribution in [0.1, 0.15) is 27.2 Å². The number of hydrogen-bond donors (Lipinski definition) is 2. The Kier molecular flexibility index (Phi) is 7.74. The largest absolute Gasteiger partial charge is 0.496 e. The minimum Gasteiger partial charge on any atom is -0.496 e. The van der Waals surface area contributed by atoms with Crippen molar-refractivity contribution in [2.45, 2.75) is 26.1 Å². The first-order chi connectivity index (χ1) is 14.9. The maximum atomic E-state index is 12.7. The summed E-state index contributed by atoms with van der Waals surface area (Å²) < 4.78 is 6.93. The van der Waals surface area contributed by atoms with Gasteiger partial charge < -0.3 is 19.7 Å². The summed E-state index contributed by atoms with van der Waals surface area (Å²) in [6, 6.07) is 15.7. The van der Waals surface area contributed by atoms with Gasteiger partial charge >= 0.3 is 5.97 Å². The zero-order chi connectivity index (χ0) is 22.4. The summed E-state index contributed by atoms with van der Waals surface area (Å²) in [7, 11) is 1.62. The van der Waals surface area contributed by atoms with E-state index in [1.54, 1.807) is 35.9 Å². The van der Waals surface area contributed by atoms with Gasteiger partial charge in [-0.3, -0.25) is 4.79 Å². The van der Waals surface area contributed by atoms with E-state index in [4.69, 9.17) is 33.0 Å². The van der Waals surface area contributed by atoms with Crippen LogP contribution in [0.4, 0.5) is 0 Å². The maximum Gasteiger partial charge on any atom is 0.335 e. The highest BCUT2D eigenvalue weighted by Crippen LogP contribution is 2.20. The molecular formula is C23H22Cl2N2O4. The number of para-hydroxylation sites is 1. The van der Waals surface area contributed by atoms with Gasteiger partial charge in [0.05, 0.1) is 23.4 Å². The van der Waals surface area contributed by atoms with E-state index in [1.807, 2.05) is 24.3 Å². The first kappa shape index (κ1) is 22.9. The van der Waals surface area contributed by atoms with Crippen molar-refractivity contribution < 1.29 is 14.6 Å². The molecule has 0 amide bonds. The summed E-state index contributed by atoms with van der Waals surface area (Å²) in [5, 5.41) is 12.8. The topological polar surface area (TPSA) is 80.6 Å². The molecule has 0 aliphatic carbocycles. The van der Waals surface area contributed by atoms with Gasteiger partial charge in [-0.15, -0.1) is 0 Å². The third-order valence-corrected chi connectivity index (χ3v) is 5.53. The normalized spacial score (nSPS) is 10.8. The van der Waals surface area contributed by atoms with Crippen LogP contribution in [0.3, 0.4) is 0 Å². The molecule has 0 bridgehead atoms. The molecule has 0 unspecified atom stereocenters. The third kappa shape index (κ3) is 5.67. The van der Waals surface area contributed by atoms with E-state index in [1.165, 1.54) is 6.07 Å². The van der Waals surface area contributed by atoms with E-state index in [-0.39, 0.29) is 16.1 Å². The van der Waals surface area contributed by atoms with Crippen molar-refractivity contribution in [3.05, 3.63) is 97.4 Å². The number of aryl methyl sites for hydroxylation is 1. The SMILES string of the molecule is COc1ccccc1CNCc1c(Cl)cc(Cl)c(=O)n1CCc1ccc(C(=O)O)cc1. The number of ether oxygens (including phenoxy) is 1. The number of carboxylic acid groups (broad SMARTS) is 1. The van der Waals surface area contributed by atoms with Crippen LogP contribution in [0.5, 0.6) is 5.75 Å². The Hall–Kier alpha value is -2.80. The van der Waals surface area contributed by atoms with Crippen molar-refractivity contribution in [2.75, 3.05) is 7.11 Å². The number of aromatic nitrogens is 1. The quantitative estimate of drug-likeness (QED) is 0.494. The van der Waals surface area contributed by atoms with Gasteiger partial charge in [-0.2, -0.15) is 0 Å². The Morgan fingerprint density at radius 3 is 2.45 bits per heavy atom.